The molecule has 0 amide bonds. The van der Waals surface area contributed by atoms with Crippen LogP contribution in [0.3, 0.4) is 0 Å². The van der Waals surface area contributed by atoms with Crippen molar-refractivity contribution in [1.82, 2.24) is 13.9 Å². The lowest BCUT2D eigenvalue weighted by Crippen LogP contribution is -2.39. The number of fused-ring (bicyclic) bond motifs is 1. The molecule has 182 valence electrons. The molecular weight excluding hydrogens is 466 g/mol. The minimum Gasteiger partial charge on any atom is -0.376 e. The summed E-state index contributed by atoms with van der Waals surface area (Å²) in [7, 11) is -3.52. The SMILES string of the molecule is Cc1ccccc1CSc1nc2cc(S(=O)(=O)N3CCCC(C)C3)ccc2n1CC1CCCO1. The normalized spacial score (nSPS) is 21.9. The van der Waals surface area contributed by atoms with Gasteiger partial charge in [-0.1, -0.05) is 43.0 Å². The van der Waals surface area contributed by atoms with Crippen molar-refractivity contribution in [1.29, 1.82) is 0 Å². The fraction of sp³-hybridized carbons (Fsp3) is 0.500. The standard InChI is InChI=1S/C26H33N3O3S2/c1-19-7-5-13-28(16-19)34(30,31)23-11-12-25-24(15-23)27-26(29(25)17-22-10-6-14-32-22)33-18-21-9-4-3-8-20(21)2/h3-4,8-9,11-12,15,19,22H,5-7,10,13-14,16-18H2,1-2H3. The van der Waals surface area contributed by atoms with Gasteiger partial charge < -0.3 is 9.30 Å². The van der Waals surface area contributed by atoms with Crippen LogP contribution in [0.4, 0.5) is 0 Å². The Morgan fingerprint density at radius 1 is 1.15 bits per heavy atom. The van der Waals surface area contributed by atoms with Crippen molar-refractivity contribution in [2.45, 2.75) is 68.0 Å². The summed E-state index contributed by atoms with van der Waals surface area (Å²) in [5.74, 6) is 1.21. The van der Waals surface area contributed by atoms with Gasteiger partial charge in [0.05, 0.1) is 28.6 Å². The maximum Gasteiger partial charge on any atom is 0.243 e. The fourth-order valence-corrected chi connectivity index (χ4v) is 7.67. The quantitative estimate of drug-likeness (QED) is 0.416. The first kappa shape index (κ1) is 23.9. The molecule has 2 unspecified atom stereocenters. The van der Waals surface area contributed by atoms with Gasteiger partial charge in [0.25, 0.3) is 0 Å². The van der Waals surface area contributed by atoms with Crippen molar-refractivity contribution in [3.8, 4) is 0 Å². The summed E-state index contributed by atoms with van der Waals surface area (Å²) in [5.41, 5.74) is 4.25. The highest BCUT2D eigenvalue weighted by atomic mass is 32.2. The van der Waals surface area contributed by atoms with Crippen LogP contribution in [0.1, 0.15) is 43.7 Å². The van der Waals surface area contributed by atoms with E-state index < -0.39 is 10.0 Å². The molecule has 3 aromatic rings. The number of imidazole rings is 1. The zero-order valence-corrected chi connectivity index (χ0v) is 21.6. The third-order valence-electron chi connectivity index (χ3n) is 6.97. The molecular formula is C26H33N3O3S2. The van der Waals surface area contributed by atoms with Crippen molar-refractivity contribution in [3.05, 3.63) is 53.6 Å². The maximum absolute atomic E-state index is 13.4. The van der Waals surface area contributed by atoms with Crippen LogP contribution in [0, 0.1) is 12.8 Å². The fourth-order valence-electron chi connectivity index (χ4n) is 4.95. The number of thioether (sulfide) groups is 1. The molecule has 2 fully saturated rings. The maximum atomic E-state index is 13.4. The van der Waals surface area contributed by atoms with E-state index in [-0.39, 0.29) is 6.10 Å². The number of aryl methyl sites for hydroxylation is 1. The van der Waals surface area contributed by atoms with Crippen LogP contribution in [0.5, 0.6) is 0 Å². The van der Waals surface area contributed by atoms with Crippen molar-refractivity contribution in [2.24, 2.45) is 5.92 Å². The molecule has 6 nitrogen and oxygen atoms in total. The summed E-state index contributed by atoms with van der Waals surface area (Å²) in [6.45, 7) is 6.97. The van der Waals surface area contributed by atoms with Crippen LogP contribution < -0.4 is 0 Å². The van der Waals surface area contributed by atoms with Gasteiger partial charge in [-0.25, -0.2) is 13.4 Å². The Morgan fingerprint density at radius 2 is 2.00 bits per heavy atom. The predicted octanol–water partition coefficient (Wildman–Crippen LogP) is 5.24. The number of aromatic nitrogens is 2. The minimum absolute atomic E-state index is 0.174. The van der Waals surface area contributed by atoms with E-state index in [2.05, 4.69) is 42.7 Å². The number of hydrogen-bond donors (Lipinski definition) is 0. The number of sulfonamides is 1. The lowest BCUT2D eigenvalue weighted by Gasteiger charge is -2.30. The highest BCUT2D eigenvalue weighted by Crippen LogP contribution is 2.32. The monoisotopic (exact) mass is 499 g/mol. The average Bonchev–Trinajstić information content (AvgIpc) is 3.46. The van der Waals surface area contributed by atoms with Gasteiger partial charge in [0.15, 0.2) is 5.16 Å². The number of ether oxygens (including phenoxy) is 1. The second-order valence-electron chi connectivity index (χ2n) is 9.62. The molecule has 2 aromatic carbocycles. The van der Waals surface area contributed by atoms with Crippen LogP contribution in [0.25, 0.3) is 11.0 Å². The number of nitrogens with zero attached hydrogens (tertiary/aromatic N) is 3. The molecule has 0 N–H and O–H groups in total. The second-order valence-corrected chi connectivity index (χ2v) is 12.5. The first-order valence-corrected chi connectivity index (χ1v) is 14.6. The number of piperidine rings is 1. The molecule has 2 aliphatic rings. The molecule has 0 bridgehead atoms. The van der Waals surface area contributed by atoms with E-state index in [0.717, 1.165) is 60.8 Å². The van der Waals surface area contributed by atoms with Gasteiger partial charge in [-0.15, -0.1) is 0 Å². The van der Waals surface area contributed by atoms with Crippen molar-refractivity contribution < 1.29 is 13.2 Å². The topological polar surface area (TPSA) is 64.4 Å². The third-order valence-corrected chi connectivity index (χ3v) is 9.86. The van der Waals surface area contributed by atoms with Gasteiger partial charge in [0, 0.05) is 25.4 Å². The number of benzene rings is 2. The zero-order chi connectivity index (χ0) is 23.7. The first-order valence-electron chi connectivity index (χ1n) is 12.2. The van der Waals surface area contributed by atoms with Gasteiger partial charge in [-0.05, 0) is 67.9 Å². The van der Waals surface area contributed by atoms with Crippen molar-refractivity contribution in [2.75, 3.05) is 19.7 Å². The van der Waals surface area contributed by atoms with Crippen LogP contribution in [0.15, 0.2) is 52.5 Å². The molecule has 1 aromatic heterocycles. The largest absolute Gasteiger partial charge is 0.376 e. The molecule has 0 spiro atoms. The van der Waals surface area contributed by atoms with Crippen LogP contribution >= 0.6 is 11.8 Å². The van der Waals surface area contributed by atoms with E-state index in [9.17, 15) is 8.42 Å². The molecule has 0 radical (unpaired) electrons. The summed E-state index contributed by atoms with van der Waals surface area (Å²) in [4.78, 5) is 5.26. The molecule has 8 heteroatoms. The molecule has 5 rings (SSSR count). The zero-order valence-electron chi connectivity index (χ0n) is 19.9. The van der Waals surface area contributed by atoms with E-state index in [1.54, 1.807) is 28.2 Å². The Balaban J connectivity index is 1.48. The molecule has 2 aliphatic heterocycles. The summed E-state index contributed by atoms with van der Waals surface area (Å²) in [5, 5.41) is 0.912. The number of hydrogen-bond acceptors (Lipinski definition) is 5. The Bertz CT molecular complexity index is 1270. The van der Waals surface area contributed by atoms with Gasteiger partial charge in [0.2, 0.25) is 10.0 Å². The average molecular weight is 500 g/mol. The first-order chi connectivity index (χ1) is 16.4. The van der Waals surface area contributed by atoms with Crippen LogP contribution in [-0.2, 0) is 27.1 Å². The summed E-state index contributed by atoms with van der Waals surface area (Å²) in [6, 6.07) is 13.8. The van der Waals surface area contributed by atoms with E-state index in [4.69, 9.17) is 9.72 Å². The lowest BCUT2D eigenvalue weighted by atomic mass is 10.0. The molecule has 0 saturated carbocycles. The van der Waals surface area contributed by atoms with Crippen LogP contribution in [-0.4, -0.2) is 48.1 Å². The van der Waals surface area contributed by atoms with Gasteiger partial charge in [-0.2, -0.15) is 4.31 Å². The summed E-state index contributed by atoms with van der Waals surface area (Å²) in [6.07, 6.45) is 4.30. The Labute approximate surface area is 206 Å². The van der Waals surface area contributed by atoms with Gasteiger partial charge in [-0.3, -0.25) is 0 Å². The molecule has 2 saturated heterocycles. The molecule has 0 aliphatic carbocycles. The number of rotatable bonds is 7. The second kappa shape index (κ2) is 10.0. The Morgan fingerprint density at radius 3 is 2.76 bits per heavy atom. The predicted molar refractivity (Wildman–Crippen MR) is 137 cm³/mol. The smallest absolute Gasteiger partial charge is 0.243 e. The van der Waals surface area contributed by atoms with E-state index in [1.165, 1.54) is 11.1 Å². The van der Waals surface area contributed by atoms with Crippen molar-refractivity contribution >= 4 is 32.8 Å². The van der Waals surface area contributed by atoms with Crippen molar-refractivity contribution in [3.63, 3.8) is 0 Å². The van der Waals surface area contributed by atoms with Crippen LogP contribution in [0.2, 0.25) is 0 Å². The minimum atomic E-state index is -3.52. The highest BCUT2D eigenvalue weighted by molar-refractivity contribution is 7.98. The third kappa shape index (κ3) is 4.91. The van der Waals surface area contributed by atoms with Gasteiger partial charge >= 0.3 is 0 Å². The van der Waals surface area contributed by atoms with E-state index >= 15 is 0 Å². The Hall–Kier alpha value is -1.87. The summed E-state index contributed by atoms with van der Waals surface area (Å²) < 4.78 is 36.5. The summed E-state index contributed by atoms with van der Waals surface area (Å²) >= 11 is 1.70. The molecule has 34 heavy (non-hydrogen) atoms. The Kier molecular flexibility index (Phi) is 7.02. The molecule has 3 heterocycles. The van der Waals surface area contributed by atoms with E-state index in [0.29, 0.717) is 23.9 Å². The molecule has 2 atom stereocenters. The van der Waals surface area contributed by atoms with Gasteiger partial charge in [0.1, 0.15) is 0 Å². The van der Waals surface area contributed by atoms with E-state index in [1.807, 2.05) is 6.07 Å². The lowest BCUT2D eigenvalue weighted by molar-refractivity contribution is 0.0960. The highest BCUT2D eigenvalue weighted by Gasteiger charge is 2.29.